The lowest BCUT2D eigenvalue weighted by Gasteiger charge is -2.08. The Bertz CT molecular complexity index is 807. The van der Waals surface area contributed by atoms with E-state index in [2.05, 4.69) is 17.5 Å². The maximum atomic E-state index is 12.0. The minimum atomic E-state index is -0.197. The van der Waals surface area contributed by atoms with E-state index >= 15 is 0 Å². The topological polar surface area (TPSA) is 76.7 Å². The van der Waals surface area contributed by atoms with Crippen molar-refractivity contribution >= 4 is 29.4 Å². The number of halogens is 1. The SMILES string of the molecule is CCCCCCCCCOc1ccc(/C=N\NC(=O)Cc2ccc(N)cc2)cc1Cl. The van der Waals surface area contributed by atoms with Crippen molar-refractivity contribution in [1.82, 2.24) is 5.43 Å². The highest BCUT2D eigenvalue weighted by Crippen LogP contribution is 2.25. The first-order valence-corrected chi connectivity index (χ1v) is 11.0. The highest BCUT2D eigenvalue weighted by molar-refractivity contribution is 6.32. The highest BCUT2D eigenvalue weighted by atomic mass is 35.5. The molecule has 0 aliphatic carbocycles. The molecule has 0 spiro atoms. The number of anilines is 1. The number of amides is 1. The van der Waals surface area contributed by atoms with Gasteiger partial charge >= 0.3 is 0 Å². The summed E-state index contributed by atoms with van der Waals surface area (Å²) in [6.07, 6.45) is 10.5. The number of hydrogen-bond acceptors (Lipinski definition) is 4. The molecular weight excluding hydrogens is 398 g/mol. The molecule has 3 N–H and O–H groups in total. The maximum Gasteiger partial charge on any atom is 0.244 e. The molecule has 0 saturated heterocycles. The molecule has 0 aliphatic rings. The van der Waals surface area contributed by atoms with E-state index in [0.29, 0.717) is 23.1 Å². The number of nitrogens with one attached hydrogen (secondary N) is 1. The molecule has 0 radical (unpaired) electrons. The average Bonchev–Trinajstić information content (AvgIpc) is 2.73. The highest BCUT2D eigenvalue weighted by Gasteiger charge is 2.04. The number of nitrogen functional groups attached to an aromatic ring is 1. The Morgan fingerprint density at radius 1 is 1.07 bits per heavy atom. The smallest absolute Gasteiger partial charge is 0.244 e. The number of hydrazone groups is 1. The maximum absolute atomic E-state index is 12.0. The molecule has 6 heteroatoms. The molecule has 5 nitrogen and oxygen atoms in total. The Hall–Kier alpha value is -2.53. The zero-order valence-electron chi connectivity index (χ0n) is 17.7. The van der Waals surface area contributed by atoms with Crippen LogP contribution in [0.15, 0.2) is 47.6 Å². The third-order valence-electron chi connectivity index (χ3n) is 4.71. The number of unbranched alkanes of at least 4 members (excludes halogenated alkanes) is 6. The minimum absolute atomic E-state index is 0.197. The summed E-state index contributed by atoms with van der Waals surface area (Å²) in [5, 5.41) is 4.53. The van der Waals surface area contributed by atoms with E-state index in [4.69, 9.17) is 22.1 Å². The standard InChI is InChI=1S/C24H32ClN3O2/c1-2-3-4-5-6-7-8-15-30-23-14-11-20(16-22(23)25)18-27-28-24(29)17-19-9-12-21(26)13-10-19/h9-14,16,18H,2-8,15,17,26H2,1H3,(H,28,29)/b27-18-. The van der Waals surface area contributed by atoms with Gasteiger partial charge in [0.25, 0.3) is 0 Å². The van der Waals surface area contributed by atoms with E-state index in [1.807, 2.05) is 24.3 Å². The van der Waals surface area contributed by atoms with Gasteiger partial charge in [-0.05, 0) is 47.9 Å². The van der Waals surface area contributed by atoms with Crippen LogP contribution < -0.4 is 15.9 Å². The van der Waals surface area contributed by atoms with Crippen molar-refractivity contribution in [3.63, 3.8) is 0 Å². The summed E-state index contributed by atoms with van der Waals surface area (Å²) < 4.78 is 5.78. The van der Waals surface area contributed by atoms with Gasteiger partial charge in [-0.15, -0.1) is 0 Å². The van der Waals surface area contributed by atoms with Gasteiger partial charge in [-0.1, -0.05) is 69.2 Å². The largest absolute Gasteiger partial charge is 0.492 e. The summed E-state index contributed by atoms with van der Waals surface area (Å²) in [7, 11) is 0. The zero-order valence-corrected chi connectivity index (χ0v) is 18.5. The van der Waals surface area contributed by atoms with Crippen LogP contribution in [0.5, 0.6) is 5.75 Å². The minimum Gasteiger partial charge on any atom is -0.492 e. The van der Waals surface area contributed by atoms with Gasteiger partial charge in [0.15, 0.2) is 0 Å². The summed E-state index contributed by atoms with van der Waals surface area (Å²) in [5.74, 6) is 0.476. The van der Waals surface area contributed by atoms with Gasteiger partial charge in [0.05, 0.1) is 24.3 Å². The van der Waals surface area contributed by atoms with Crippen LogP contribution in [0.2, 0.25) is 5.02 Å². The molecule has 1 amide bonds. The molecule has 162 valence electrons. The molecule has 0 aliphatic heterocycles. The van der Waals surface area contributed by atoms with Gasteiger partial charge in [-0.3, -0.25) is 4.79 Å². The molecule has 30 heavy (non-hydrogen) atoms. The number of carbonyl (C=O) groups is 1. The molecule has 0 atom stereocenters. The number of ether oxygens (including phenoxy) is 1. The Balaban J connectivity index is 1.69. The quantitative estimate of drug-likeness (QED) is 0.184. The predicted octanol–water partition coefficient (Wildman–Crippen LogP) is 5.74. The van der Waals surface area contributed by atoms with E-state index in [-0.39, 0.29) is 12.3 Å². The molecule has 0 heterocycles. The Morgan fingerprint density at radius 2 is 1.77 bits per heavy atom. The molecule has 0 bridgehead atoms. The fourth-order valence-corrected chi connectivity index (χ4v) is 3.24. The first-order chi connectivity index (χ1) is 14.6. The summed E-state index contributed by atoms with van der Waals surface area (Å²) >= 11 is 6.30. The van der Waals surface area contributed by atoms with Gasteiger partial charge in [-0.25, -0.2) is 5.43 Å². The number of nitrogens with zero attached hydrogens (tertiary/aromatic N) is 1. The summed E-state index contributed by atoms with van der Waals surface area (Å²) in [6, 6.07) is 12.7. The number of rotatable bonds is 13. The van der Waals surface area contributed by atoms with Crippen LogP contribution in [-0.2, 0) is 11.2 Å². The molecule has 0 saturated carbocycles. The molecule has 0 aromatic heterocycles. The summed E-state index contributed by atoms with van der Waals surface area (Å²) in [4.78, 5) is 12.0. The first kappa shape index (κ1) is 23.7. The van der Waals surface area contributed by atoms with Crippen LogP contribution in [0.1, 0.15) is 63.0 Å². The van der Waals surface area contributed by atoms with E-state index in [1.165, 1.54) is 38.5 Å². The van der Waals surface area contributed by atoms with E-state index in [1.54, 1.807) is 24.4 Å². The van der Waals surface area contributed by atoms with Crippen LogP contribution in [0.4, 0.5) is 5.69 Å². The van der Waals surface area contributed by atoms with Crippen molar-refractivity contribution in [2.45, 2.75) is 58.3 Å². The van der Waals surface area contributed by atoms with Crippen molar-refractivity contribution in [2.24, 2.45) is 5.10 Å². The average molecular weight is 430 g/mol. The molecule has 2 aromatic rings. The Labute approximate surface area is 184 Å². The number of hydrogen-bond donors (Lipinski definition) is 2. The monoisotopic (exact) mass is 429 g/mol. The van der Waals surface area contributed by atoms with Crippen molar-refractivity contribution in [2.75, 3.05) is 12.3 Å². The summed E-state index contributed by atoms with van der Waals surface area (Å²) in [5.41, 5.74) is 10.5. The lowest BCUT2D eigenvalue weighted by Crippen LogP contribution is -2.19. The lowest BCUT2D eigenvalue weighted by molar-refractivity contribution is -0.120. The molecule has 2 aromatic carbocycles. The third-order valence-corrected chi connectivity index (χ3v) is 5.00. The lowest BCUT2D eigenvalue weighted by atomic mass is 10.1. The van der Waals surface area contributed by atoms with E-state index < -0.39 is 0 Å². The van der Waals surface area contributed by atoms with Gasteiger partial charge in [0.2, 0.25) is 5.91 Å². The molecule has 0 unspecified atom stereocenters. The van der Waals surface area contributed by atoms with Crippen LogP contribution in [0.25, 0.3) is 0 Å². The second kappa shape index (κ2) is 13.6. The van der Waals surface area contributed by atoms with Crippen LogP contribution >= 0.6 is 11.6 Å². The van der Waals surface area contributed by atoms with E-state index in [9.17, 15) is 4.79 Å². The fourth-order valence-electron chi connectivity index (χ4n) is 2.99. The second-order valence-electron chi connectivity index (χ2n) is 7.37. The van der Waals surface area contributed by atoms with Crippen molar-refractivity contribution < 1.29 is 9.53 Å². The molecule has 2 rings (SSSR count). The van der Waals surface area contributed by atoms with Crippen LogP contribution in [0, 0.1) is 0 Å². The third kappa shape index (κ3) is 9.31. The van der Waals surface area contributed by atoms with Gasteiger partial charge < -0.3 is 10.5 Å². The number of carbonyl (C=O) groups excluding carboxylic acids is 1. The normalized spacial score (nSPS) is 11.0. The van der Waals surface area contributed by atoms with E-state index in [0.717, 1.165) is 17.5 Å². The Morgan fingerprint density at radius 3 is 2.47 bits per heavy atom. The van der Waals surface area contributed by atoms with Crippen molar-refractivity contribution in [3.8, 4) is 5.75 Å². The van der Waals surface area contributed by atoms with Crippen LogP contribution in [0.3, 0.4) is 0 Å². The zero-order chi connectivity index (χ0) is 21.6. The summed E-state index contributed by atoms with van der Waals surface area (Å²) in [6.45, 7) is 2.90. The Kier molecular flexibility index (Phi) is 10.8. The van der Waals surface area contributed by atoms with Gasteiger partial charge in [0, 0.05) is 5.69 Å². The fraction of sp³-hybridized carbons (Fsp3) is 0.417. The number of nitrogens with two attached hydrogens (primary N) is 1. The van der Waals surface area contributed by atoms with Crippen LogP contribution in [-0.4, -0.2) is 18.7 Å². The van der Waals surface area contributed by atoms with Crippen molar-refractivity contribution in [1.29, 1.82) is 0 Å². The first-order valence-electron chi connectivity index (χ1n) is 10.7. The van der Waals surface area contributed by atoms with Gasteiger partial charge in [0.1, 0.15) is 5.75 Å². The molecule has 0 fully saturated rings. The predicted molar refractivity (Wildman–Crippen MR) is 125 cm³/mol. The van der Waals surface area contributed by atoms with Gasteiger partial charge in [-0.2, -0.15) is 5.10 Å². The molecular formula is C24H32ClN3O2. The second-order valence-corrected chi connectivity index (χ2v) is 7.78. The van der Waals surface area contributed by atoms with Crippen molar-refractivity contribution in [3.05, 3.63) is 58.6 Å². The number of benzene rings is 2.